The van der Waals surface area contributed by atoms with Gasteiger partial charge in [-0.15, -0.1) is 0 Å². The Labute approximate surface area is 147 Å². The molecule has 3 radical (unpaired) electrons. The van der Waals surface area contributed by atoms with Gasteiger partial charge in [-0.2, -0.15) is 0 Å². The molecule has 0 fully saturated rings. The zero-order valence-corrected chi connectivity index (χ0v) is 18.5. The molecule has 0 spiro atoms. The minimum Gasteiger partial charge on any atom is -0.374 e. The van der Waals surface area contributed by atoms with Crippen molar-refractivity contribution in [1.29, 1.82) is 0 Å². The van der Waals surface area contributed by atoms with Gasteiger partial charge in [0.1, 0.15) is 0 Å². The molecule has 0 amide bonds. The van der Waals surface area contributed by atoms with Crippen LogP contribution in [-0.4, -0.2) is 67.5 Å². The topological polar surface area (TPSA) is 55.4 Å². The Bertz CT molecular complexity index is 262. The zero-order valence-electron chi connectivity index (χ0n) is 15.5. The predicted octanol–water partition coefficient (Wildman–Crippen LogP) is 2.58. The molecule has 0 aromatic heterocycles. The zero-order chi connectivity index (χ0) is 17.8. The fraction of sp³-hybridized carbons (Fsp3) is 1.00. The minimum atomic E-state index is -2.89. The Morgan fingerprint density at radius 1 is 0.609 bits per heavy atom. The third kappa shape index (κ3) is 7.45. The van der Waals surface area contributed by atoms with Crippen molar-refractivity contribution < 1.29 is 26.6 Å². The van der Waals surface area contributed by atoms with E-state index in [0.717, 1.165) is 0 Å². The molecule has 9 heteroatoms. The Balaban J connectivity index is 5.37. The van der Waals surface area contributed by atoms with Crippen LogP contribution in [0, 0.1) is 0 Å². The number of hydrogen-bond donors (Lipinski definition) is 0. The highest BCUT2D eigenvalue weighted by molar-refractivity contribution is 6.73. The van der Waals surface area contributed by atoms with Gasteiger partial charge in [0.05, 0.1) is 0 Å². The van der Waals surface area contributed by atoms with Crippen molar-refractivity contribution in [2.45, 2.75) is 52.8 Å². The maximum Gasteiger partial charge on any atom is 0.500 e. The van der Waals surface area contributed by atoms with E-state index >= 15 is 0 Å². The molecule has 0 rings (SSSR count). The molecule has 1 unspecified atom stereocenters. The Morgan fingerprint density at radius 3 is 1.17 bits per heavy atom. The highest BCUT2D eigenvalue weighted by Gasteiger charge is 2.53. The summed E-state index contributed by atoms with van der Waals surface area (Å²) in [5.41, 5.74) is 0. The van der Waals surface area contributed by atoms with E-state index in [1.807, 2.05) is 41.5 Å². The summed E-state index contributed by atoms with van der Waals surface area (Å²) >= 11 is 0. The molecule has 1 atom stereocenters. The van der Waals surface area contributed by atoms with Gasteiger partial charge in [0.2, 0.25) is 0 Å². The molecule has 137 valence electrons. The van der Waals surface area contributed by atoms with Gasteiger partial charge in [-0.05, 0) is 41.5 Å². The van der Waals surface area contributed by atoms with E-state index in [2.05, 4.69) is 10.2 Å². The quantitative estimate of drug-likeness (QED) is 0.406. The lowest BCUT2D eigenvalue weighted by molar-refractivity contribution is 0.0553. The lowest BCUT2D eigenvalue weighted by atomic mass is 10.9. The second kappa shape index (κ2) is 12.7. The van der Waals surface area contributed by atoms with E-state index in [4.69, 9.17) is 26.6 Å². The largest absolute Gasteiger partial charge is 0.500 e. The molecule has 0 aromatic rings. The van der Waals surface area contributed by atoms with Crippen LogP contribution in [0.15, 0.2) is 0 Å². The van der Waals surface area contributed by atoms with Gasteiger partial charge in [0, 0.05) is 61.1 Å². The van der Waals surface area contributed by atoms with Crippen LogP contribution in [0.5, 0.6) is 0 Å². The van der Waals surface area contributed by atoms with Crippen molar-refractivity contribution >= 4 is 27.9 Å². The fourth-order valence-electron chi connectivity index (χ4n) is 2.37. The average Bonchev–Trinajstić information content (AvgIpc) is 2.48. The fourth-order valence-corrected chi connectivity index (χ4v) is 10.1. The molecule has 0 aromatic carbocycles. The van der Waals surface area contributed by atoms with E-state index in [0.29, 0.717) is 45.7 Å². The molecule has 0 saturated heterocycles. The highest BCUT2D eigenvalue weighted by atomic mass is 28.4. The van der Waals surface area contributed by atoms with Gasteiger partial charge in [0.15, 0.2) is 0 Å². The highest BCUT2D eigenvalue weighted by Crippen LogP contribution is 2.33. The van der Waals surface area contributed by atoms with Crippen molar-refractivity contribution in [3.63, 3.8) is 0 Å². The molecular weight excluding hydrogens is 348 g/mol. The molecular formula is C14H33O6Si3. The van der Waals surface area contributed by atoms with Gasteiger partial charge in [-0.3, -0.25) is 0 Å². The second-order valence-corrected chi connectivity index (χ2v) is 11.3. The molecule has 0 aliphatic heterocycles. The summed E-state index contributed by atoms with van der Waals surface area (Å²) in [7, 11) is -1.90. The summed E-state index contributed by atoms with van der Waals surface area (Å²) in [4.78, 5) is 0. The first-order valence-corrected chi connectivity index (χ1v) is 12.8. The third-order valence-electron chi connectivity index (χ3n) is 3.01. The van der Waals surface area contributed by atoms with E-state index in [1.54, 1.807) is 0 Å². The SMILES string of the molecule is CCO[Si](CC([Si])[Si](OCC)(OCC)OCC)(OCC)OCC. The van der Waals surface area contributed by atoms with Crippen LogP contribution < -0.4 is 0 Å². The van der Waals surface area contributed by atoms with Crippen LogP contribution in [0.4, 0.5) is 0 Å². The first kappa shape index (κ1) is 23.4. The molecule has 0 aliphatic rings. The van der Waals surface area contributed by atoms with E-state index in [-0.39, 0.29) is 5.16 Å². The Kier molecular flexibility index (Phi) is 13.0. The minimum absolute atomic E-state index is 0.154. The summed E-state index contributed by atoms with van der Waals surface area (Å²) in [5.74, 6) is 0. The van der Waals surface area contributed by atoms with E-state index < -0.39 is 17.6 Å². The van der Waals surface area contributed by atoms with E-state index in [1.165, 1.54) is 0 Å². The van der Waals surface area contributed by atoms with Crippen LogP contribution in [-0.2, 0) is 26.6 Å². The van der Waals surface area contributed by atoms with Crippen LogP contribution in [0.3, 0.4) is 0 Å². The van der Waals surface area contributed by atoms with Gasteiger partial charge in [-0.1, -0.05) is 0 Å². The van der Waals surface area contributed by atoms with Gasteiger partial charge < -0.3 is 26.6 Å². The maximum atomic E-state index is 5.95. The van der Waals surface area contributed by atoms with Crippen LogP contribution in [0.25, 0.3) is 0 Å². The Hall–Kier alpha value is 0.411. The molecule has 0 heterocycles. The first-order chi connectivity index (χ1) is 11.0. The van der Waals surface area contributed by atoms with Gasteiger partial charge in [-0.25, -0.2) is 0 Å². The maximum absolute atomic E-state index is 5.95. The lowest BCUT2D eigenvalue weighted by Gasteiger charge is -2.37. The summed E-state index contributed by atoms with van der Waals surface area (Å²) in [6.45, 7) is 14.9. The van der Waals surface area contributed by atoms with Crippen molar-refractivity contribution in [2.75, 3.05) is 39.6 Å². The molecule has 23 heavy (non-hydrogen) atoms. The van der Waals surface area contributed by atoms with Crippen molar-refractivity contribution in [3.05, 3.63) is 0 Å². The van der Waals surface area contributed by atoms with Gasteiger partial charge >= 0.3 is 17.6 Å². The molecule has 0 aliphatic carbocycles. The van der Waals surface area contributed by atoms with Crippen LogP contribution >= 0.6 is 0 Å². The third-order valence-corrected chi connectivity index (χ3v) is 11.3. The Morgan fingerprint density at radius 2 is 0.913 bits per heavy atom. The number of hydrogen-bond acceptors (Lipinski definition) is 6. The van der Waals surface area contributed by atoms with Crippen LogP contribution in [0.1, 0.15) is 41.5 Å². The normalized spacial score (nSPS) is 14.2. The van der Waals surface area contributed by atoms with Crippen LogP contribution in [0.2, 0.25) is 11.2 Å². The van der Waals surface area contributed by atoms with Gasteiger partial charge in [0.25, 0.3) is 0 Å². The standard InChI is InChI=1S/C14H33O6Si3/c1-7-15-22(16-8-2,17-9-3)13-14(21)23(18-10-4,19-11-5)20-12-6/h14H,7-13H2,1-6H3. The summed E-state index contributed by atoms with van der Waals surface area (Å²) in [5, 5.41) is -0.154. The van der Waals surface area contributed by atoms with Crippen molar-refractivity contribution in [1.82, 2.24) is 0 Å². The smallest absolute Gasteiger partial charge is 0.374 e. The molecule has 0 saturated carbocycles. The van der Waals surface area contributed by atoms with Crippen molar-refractivity contribution in [2.24, 2.45) is 0 Å². The first-order valence-electron chi connectivity index (χ1n) is 8.54. The monoisotopic (exact) mass is 381 g/mol. The summed E-state index contributed by atoms with van der Waals surface area (Å²) in [6, 6.07) is 0.547. The molecule has 6 nitrogen and oxygen atoms in total. The summed E-state index contributed by atoms with van der Waals surface area (Å²) < 4.78 is 35.7. The average molecular weight is 382 g/mol. The predicted molar refractivity (Wildman–Crippen MR) is 95.6 cm³/mol. The van der Waals surface area contributed by atoms with E-state index in [9.17, 15) is 0 Å². The number of rotatable bonds is 15. The van der Waals surface area contributed by atoms with Crippen molar-refractivity contribution in [3.8, 4) is 0 Å². The molecule has 0 bridgehead atoms. The molecule has 0 N–H and O–H groups in total. The lowest BCUT2D eigenvalue weighted by Crippen LogP contribution is -2.55. The summed E-state index contributed by atoms with van der Waals surface area (Å²) in [6.07, 6.45) is 0. The second-order valence-electron chi connectivity index (χ2n) is 4.64.